The van der Waals surface area contributed by atoms with Crippen LogP contribution < -0.4 is 0 Å². The standard InChI is InChI=1S/C20H26ClNO5.C6H5Cl/c1-3-5-17(20(26)27-4-2)22-16(13-6-9-15(21)10-7-13)11-8-14(19(22)25)12-18(23)24;7-6-4-2-1-3-5-6/h6-7,9-10,14,16-17H,3-5,8,11-12H2,1-2H3,(H,23,24);1-5H/t14-,16+,17?;/m1./s1. The Morgan fingerprint density at radius 2 is 1.65 bits per heavy atom. The number of esters is 1. The van der Waals surface area contributed by atoms with Gasteiger partial charge in [-0.05, 0) is 56.0 Å². The first-order valence-electron chi connectivity index (χ1n) is 11.4. The predicted molar refractivity (Wildman–Crippen MR) is 133 cm³/mol. The minimum atomic E-state index is -1.01. The molecular formula is C26H31Cl2NO5. The zero-order chi connectivity index (χ0) is 25.1. The van der Waals surface area contributed by atoms with E-state index in [0.717, 1.165) is 10.6 Å². The molecule has 0 saturated carbocycles. The number of aliphatic carboxylic acids is 1. The molecule has 1 heterocycles. The molecule has 1 unspecified atom stereocenters. The molecule has 1 saturated heterocycles. The van der Waals surface area contributed by atoms with E-state index in [2.05, 4.69) is 0 Å². The van der Waals surface area contributed by atoms with Crippen molar-refractivity contribution in [1.29, 1.82) is 0 Å². The molecule has 2 aromatic rings. The average Bonchev–Trinajstić information content (AvgIpc) is 2.80. The van der Waals surface area contributed by atoms with Crippen LogP contribution >= 0.6 is 23.2 Å². The van der Waals surface area contributed by atoms with Crippen LogP contribution in [0.2, 0.25) is 10.0 Å². The third-order valence-corrected chi connectivity index (χ3v) is 6.10. The van der Waals surface area contributed by atoms with E-state index in [1.54, 1.807) is 24.0 Å². The summed E-state index contributed by atoms with van der Waals surface area (Å²) in [6.45, 7) is 3.89. The van der Waals surface area contributed by atoms with Crippen molar-refractivity contribution in [2.45, 2.75) is 58.0 Å². The highest BCUT2D eigenvalue weighted by atomic mass is 35.5. The van der Waals surface area contributed by atoms with Gasteiger partial charge in [0, 0.05) is 16.0 Å². The molecular weight excluding hydrogens is 477 g/mol. The molecule has 1 aliphatic rings. The lowest BCUT2D eigenvalue weighted by molar-refractivity contribution is -0.163. The molecule has 184 valence electrons. The summed E-state index contributed by atoms with van der Waals surface area (Å²) in [7, 11) is 0. The number of ether oxygens (including phenoxy) is 1. The lowest BCUT2D eigenvalue weighted by atomic mass is 9.85. The summed E-state index contributed by atoms with van der Waals surface area (Å²) in [5.41, 5.74) is 0.881. The first-order valence-corrected chi connectivity index (χ1v) is 12.2. The zero-order valence-corrected chi connectivity index (χ0v) is 21.0. The van der Waals surface area contributed by atoms with Crippen LogP contribution in [0, 0.1) is 5.92 Å². The van der Waals surface area contributed by atoms with Crippen LogP contribution in [0.25, 0.3) is 0 Å². The number of carboxylic acid groups (broad SMARTS) is 1. The monoisotopic (exact) mass is 507 g/mol. The maximum Gasteiger partial charge on any atom is 0.328 e. The van der Waals surface area contributed by atoms with Gasteiger partial charge in [-0.3, -0.25) is 9.59 Å². The van der Waals surface area contributed by atoms with Crippen molar-refractivity contribution in [3.63, 3.8) is 0 Å². The number of nitrogens with zero attached hydrogens (tertiary/aromatic N) is 1. The Bertz CT molecular complexity index is 936. The summed E-state index contributed by atoms with van der Waals surface area (Å²) in [5.74, 6) is -2.38. The number of hydrogen-bond acceptors (Lipinski definition) is 4. The van der Waals surface area contributed by atoms with Crippen LogP contribution in [-0.4, -0.2) is 40.5 Å². The Balaban J connectivity index is 0.000000497. The highest BCUT2D eigenvalue weighted by molar-refractivity contribution is 6.30. The molecule has 2 aromatic carbocycles. The van der Waals surface area contributed by atoms with Crippen LogP contribution in [0.5, 0.6) is 0 Å². The number of rotatable bonds is 8. The fourth-order valence-electron chi connectivity index (χ4n) is 4.07. The number of carboxylic acids is 1. The van der Waals surface area contributed by atoms with Crippen molar-refractivity contribution in [3.05, 3.63) is 70.2 Å². The summed E-state index contributed by atoms with van der Waals surface area (Å²) in [4.78, 5) is 38.5. The van der Waals surface area contributed by atoms with Gasteiger partial charge in [-0.25, -0.2) is 4.79 Å². The summed E-state index contributed by atoms with van der Waals surface area (Å²) >= 11 is 11.5. The van der Waals surface area contributed by atoms with E-state index >= 15 is 0 Å². The number of likely N-dealkylation sites (tertiary alicyclic amines) is 1. The van der Waals surface area contributed by atoms with E-state index in [1.165, 1.54) is 0 Å². The summed E-state index contributed by atoms with van der Waals surface area (Å²) in [5, 5.41) is 10.5. The molecule has 0 aromatic heterocycles. The molecule has 0 spiro atoms. The molecule has 3 atom stereocenters. The van der Waals surface area contributed by atoms with Crippen molar-refractivity contribution in [2.75, 3.05) is 6.61 Å². The fourth-order valence-corrected chi connectivity index (χ4v) is 4.34. The van der Waals surface area contributed by atoms with Crippen molar-refractivity contribution >= 4 is 41.0 Å². The van der Waals surface area contributed by atoms with E-state index in [-0.39, 0.29) is 25.0 Å². The van der Waals surface area contributed by atoms with Gasteiger partial charge in [0.05, 0.1) is 19.1 Å². The number of piperidine rings is 1. The van der Waals surface area contributed by atoms with Crippen molar-refractivity contribution in [3.8, 4) is 0 Å². The highest BCUT2D eigenvalue weighted by Gasteiger charge is 2.43. The van der Waals surface area contributed by atoms with E-state index in [1.807, 2.05) is 49.4 Å². The minimum absolute atomic E-state index is 0.227. The maximum absolute atomic E-state index is 13.2. The third-order valence-electron chi connectivity index (χ3n) is 5.59. The SMILES string of the molecule is CCCC(C(=O)OCC)N1C(=O)[C@@H](CC(=O)O)CC[C@H]1c1ccc(Cl)cc1.Clc1ccccc1. The normalized spacial score (nSPS) is 18.5. The third kappa shape index (κ3) is 8.03. The zero-order valence-electron chi connectivity index (χ0n) is 19.5. The Hall–Kier alpha value is -2.57. The van der Waals surface area contributed by atoms with Gasteiger partial charge in [-0.2, -0.15) is 0 Å². The molecule has 3 rings (SSSR count). The molecule has 1 fully saturated rings. The van der Waals surface area contributed by atoms with Gasteiger partial charge in [0.15, 0.2) is 0 Å². The highest BCUT2D eigenvalue weighted by Crippen LogP contribution is 2.38. The van der Waals surface area contributed by atoms with E-state index in [4.69, 9.17) is 33.0 Å². The molecule has 34 heavy (non-hydrogen) atoms. The van der Waals surface area contributed by atoms with Gasteiger partial charge in [-0.15, -0.1) is 0 Å². The molecule has 1 N–H and O–H groups in total. The summed E-state index contributed by atoms with van der Waals surface area (Å²) in [6.07, 6.45) is 1.99. The van der Waals surface area contributed by atoms with Crippen LogP contribution in [0.4, 0.5) is 0 Å². The first kappa shape index (κ1) is 27.7. The number of benzene rings is 2. The Kier molecular flexibility index (Phi) is 11.4. The van der Waals surface area contributed by atoms with Gasteiger partial charge in [0.2, 0.25) is 5.91 Å². The number of carbonyl (C=O) groups excluding carboxylic acids is 2. The summed E-state index contributed by atoms with van der Waals surface area (Å²) < 4.78 is 5.21. The molecule has 1 amide bonds. The van der Waals surface area contributed by atoms with Crippen LogP contribution in [0.1, 0.15) is 57.6 Å². The van der Waals surface area contributed by atoms with Gasteiger partial charge in [0.25, 0.3) is 0 Å². The second-order valence-corrected chi connectivity index (χ2v) is 8.91. The fraction of sp³-hybridized carbons (Fsp3) is 0.423. The van der Waals surface area contributed by atoms with E-state index in [9.17, 15) is 14.4 Å². The molecule has 0 radical (unpaired) electrons. The minimum Gasteiger partial charge on any atom is -0.481 e. The second kappa shape index (κ2) is 14.0. The number of amides is 1. The lowest BCUT2D eigenvalue weighted by Crippen LogP contribution is -2.52. The van der Waals surface area contributed by atoms with Gasteiger partial charge >= 0.3 is 11.9 Å². The summed E-state index contributed by atoms with van der Waals surface area (Å²) in [6, 6.07) is 15.6. The number of carbonyl (C=O) groups is 3. The molecule has 8 heteroatoms. The van der Waals surface area contributed by atoms with Crippen molar-refractivity contribution < 1.29 is 24.2 Å². The number of hydrogen-bond donors (Lipinski definition) is 1. The van der Waals surface area contributed by atoms with Gasteiger partial charge in [0.1, 0.15) is 6.04 Å². The average molecular weight is 508 g/mol. The lowest BCUT2D eigenvalue weighted by Gasteiger charge is -2.43. The van der Waals surface area contributed by atoms with Crippen molar-refractivity contribution in [2.24, 2.45) is 5.92 Å². The first-order chi connectivity index (χ1) is 16.3. The van der Waals surface area contributed by atoms with Crippen LogP contribution in [0.15, 0.2) is 54.6 Å². The van der Waals surface area contributed by atoms with Gasteiger partial charge < -0.3 is 14.7 Å². The Labute approximate surface area is 210 Å². The van der Waals surface area contributed by atoms with E-state index in [0.29, 0.717) is 30.7 Å². The number of halogens is 2. The molecule has 0 aliphatic carbocycles. The van der Waals surface area contributed by atoms with Crippen LogP contribution in [0.3, 0.4) is 0 Å². The van der Waals surface area contributed by atoms with Gasteiger partial charge in [-0.1, -0.05) is 66.9 Å². The largest absolute Gasteiger partial charge is 0.481 e. The molecule has 0 bridgehead atoms. The maximum atomic E-state index is 13.2. The quantitative estimate of drug-likeness (QED) is 0.432. The predicted octanol–water partition coefficient (Wildman–Crippen LogP) is 6.17. The van der Waals surface area contributed by atoms with Crippen LogP contribution in [-0.2, 0) is 19.1 Å². The smallest absolute Gasteiger partial charge is 0.328 e. The Morgan fingerprint density at radius 3 is 2.15 bits per heavy atom. The second-order valence-electron chi connectivity index (χ2n) is 8.04. The Morgan fingerprint density at radius 1 is 1.03 bits per heavy atom. The molecule has 1 aliphatic heterocycles. The molecule has 6 nitrogen and oxygen atoms in total. The van der Waals surface area contributed by atoms with Crippen molar-refractivity contribution in [1.82, 2.24) is 4.90 Å². The van der Waals surface area contributed by atoms with E-state index < -0.39 is 23.9 Å². The topological polar surface area (TPSA) is 83.9 Å².